The number of hydrogen-bond acceptors (Lipinski definition) is 2. The lowest BCUT2D eigenvalue weighted by atomic mass is 10.1. The third-order valence-corrected chi connectivity index (χ3v) is 3.37. The number of ketones is 1. The number of nitrogens with one attached hydrogen (secondary N) is 1. The molecule has 0 aliphatic rings. The molecule has 0 aliphatic carbocycles. The van der Waals surface area contributed by atoms with Crippen LogP contribution in [0.15, 0.2) is 22.7 Å². The van der Waals surface area contributed by atoms with Gasteiger partial charge in [-0.3, -0.25) is 4.79 Å². The molecule has 0 aliphatic heterocycles. The Kier molecular flexibility index (Phi) is 5.47. The van der Waals surface area contributed by atoms with Gasteiger partial charge in [-0.2, -0.15) is 0 Å². The van der Waals surface area contributed by atoms with Crippen molar-refractivity contribution >= 4 is 21.7 Å². The van der Waals surface area contributed by atoms with Crippen LogP contribution in [-0.2, 0) is 11.2 Å². The summed E-state index contributed by atoms with van der Waals surface area (Å²) in [6, 6.07) is 4.76. The maximum Gasteiger partial charge on any atom is 0.138 e. The molecule has 0 radical (unpaired) electrons. The van der Waals surface area contributed by atoms with E-state index in [4.69, 9.17) is 0 Å². The van der Waals surface area contributed by atoms with Gasteiger partial charge in [0.15, 0.2) is 0 Å². The summed E-state index contributed by atoms with van der Waals surface area (Å²) in [4.78, 5) is 11.8. The molecule has 0 bridgehead atoms. The normalized spacial score (nSPS) is 11.6. The predicted octanol–water partition coefficient (Wildman–Crippen LogP) is 3.48. The van der Waals surface area contributed by atoms with Crippen molar-refractivity contribution in [3.05, 3.63) is 34.1 Å². The Labute approximate surface area is 116 Å². The van der Waals surface area contributed by atoms with E-state index in [-0.39, 0.29) is 23.6 Å². The maximum absolute atomic E-state index is 13.3. The van der Waals surface area contributed by atoms with E-state index in [2.05, 4.69) is 42.0 Å². The van der Waals surface area contributed by atoms with E-state index in [9.17, 15) is 9.18 Å². The first-order chi connectivity index (χ1) is 8.29. The van der Waals surface area contributed by atoms with Crippen molar-refractivity contribution in [2.45, 2.75) is 39.2 Å². The molecule has 0 heterocycles. The van der Waals surface area contributed by atoms with Crippen molar-refractivity contribution in [2.24, 2.45) is 0 Å². The molecule has 0 aromatic heterocycles. The van der Waals surface area contributed by atoms with Crippen molar-refractivity contribution in [1.82, 2.24) is 5.32 Å². The van der Waals surface area contributed by atoms with Crippen LogP contribution in [0.1, 0.15) is 32.8 Å². The lowest BCUT2D eigenvalue weighted by Crippen LogP contribution is -2.37. The summed E-state index contributed by atoms with van der Waals surface area (Å²) in [6.07, 6.45) is 0.727. The zero-order valence-corrected chi connectivity index (χ0v) is 12.6. The Balaban J connectivity index is 2.48. The zero-order valence-electron chi connectivity index (χ0n) is 11.0. The van der Waals surface area contributed by atoms with E-state index in [1.54, 1.807) is 12.1 Å². The highest BCUT2D eigenvalue weighted by atomic mass is 79.9. The number of carbonyl (C=O) groups excluding carboxylic acids is 1. The Hall–Kier alpha value is -0.740. The van der Waals surface area contributed by atoms with Gasteiger partial charge < -0.3 is 5.32 Å². The minimum atomic E-state index is -0.326. The standard InChI is InChI=1S/C14H19BrFNO/c1-14(2,3)17-8-7-11(18)9-10-5-4-6-12(16)13(10)15/h4-6,17H,7-9H2,1-3H3. The average Bonchev–Trinajstić information content (AvgIpc) is 2.23. The van der Waals surface area contributed by atoms with Crippen LogP contribution >= 0.6 is 15.9 Å². The van der Waals surface area contributed by atoms with Crippen molar-refractivity contribution in [3.8, 4) is 0 Å². The van der Waals surface area contributed by atoms with Crippen LogP contribution in [0.25, 0.3) is 0 Å². The van der Waals surface area contributed by atoms with E-state index in [1.165, 1.54) is 6.07 Å². The molecule has 0 unspecified atom stereocenters. The SMILES string of the molecule is CC(C)(C)NCCC(=O)Cc1cccc(F)c1Br. The second-order valence-corrected chi connectivity index (χ2v) is 6.15. The molecule has 100 valence electrons. The molecule has 1 aromatic rings. The molecule has 0 saturated heterocycles. The summed E-state index contributed by atoms with van der Waals surface area (Å²) in [7, 11) is 0. The topological polar surface area (TPSA) is 29.1 Å². The highest BCUT2D eigenvalue weighted by molar-refractivity contribution is 9.10. The van der Waals surface area contributed by atoms with Crippen molar-refractivity contribution in [3.63, 3.8) is 0 Å². The van der Waals surface area contributed by atoms with Crippen molar-refractivity contribution < 1.29 is 9.18 Å². The minimum Gasteiger partial charge on any atom is -0.312 e. The Bertz CT molecular complexity index is 426. The van der Waals surface area contributed by atoms with Crippen molar-refractivity contribution in [1.29, 1.82) is 0 Å². The van der Waals surface area contributed by atoms with Crippen LogP contribution in [0.4, 0.5) is 4.39 Å². The van der Waals surface area contributed by atoms with Gasteiger partial charge in [-0.25, -0.2) is 4.39 Å². The van der Waals surface area contributed by atoms with Gasteiger partial charge in [-0.05, 0) is 48.3 Å². The predicted molar refractivity (Wildman–Crippen MR) is 75.2 cm³/mol. The summed E-state index contributed by atoms with van der Waals surface area (Å²) in [5.41, 5.74) is 0.718. The number of carbonyl (C=O) groups is 1. The zero-order chi connectivity index (χ0) is 13.8. The third-order valence-electron chi connectivity index (χ3n) is 2.48. The highest BCUT2D eigenvalue weighted by Gasteiger charge is 2.12. The Morgan fingerprint density at radius 3 is 2.67 bits per heavy atom. The summed E-state index contributed by atoms with van der Waals surface area (Å²) < 4.78 is 13.7. The summed E-state index contributed by atoms with van der Waals surface area (Å²) in [6.45, 7) is 6.82. The fourth-order valence-electron chi connectivity index (χ4n) is 1.56. The average molecular weight is 316 g/mol. The monoisotopic (exact) mass is 315 g/mol. The van der Waals surface area contributed by atoms with Crippen LogP contribution in [0.5, 0.6) is 0 Å². The van der Waals surface area contributed by atoms with Gasteiger partial charge in [0.05, 0.1) is 4.47 Å². The third kappa shape index (κ3) is 5.27. The van der Waals surface area contributed by atoms with Crippen LogP contribution < -0.4 is 5.32 Å². The van der Waals surface area contributed by atoms with Gasteiger partial charge in [-0.1, -0.05) is 12.1 Å². The van der Waals surface area contributed by atoms with Gasteiger partial charge >= 0.3 is 0 Å². The lowest BCUT2D eigenvalue weighted by Gasteiger charge is -2.20. The summed E-state index contributed by atoms with van der Waals surface area (Å²) >= 11 is 3.17. The van der Waals surface area contributed by atoms with Gasteiger partial charge in [0.25, 0.3) is 0 Å². The fraction of sp³-hybridized carbons (Fsp3) is 0.500. The first-order valence-corrected chi connectivity index (χ1v) is 6.78. The number of hydrogen-bond donors (Lipinski definition) is 1. The van der Waals surface area contributed by atoms with E-state index in [0.717, 1.165) is 0 Å². The van der Waals surface area contributed by atoms with Gasteiger partial charge in [0.1, 0.15) is 11.6 Å². The van der Waals surface area contributed by atoms with Gasteiger partial charge in [-0.15, -0.1) is 0 Å². The largest absolute Gasteiger partial charge is 0.312 e. The molecule has 0 spiro atoms. The maximum atomic E-state index is 13.3. The van der Waals surface area contributed by atoms with Gasteiger partial charge in [0.2, 0.25) is 0 Å². The van der Waals surface area contributed by atoms with E-state index >= 15 is 0 Å². The van der Waals surface area contributed by atoms with Crippen LogP contribution in [0.3, 0.4) is 0 Å². The summed E-state index contributed by atoms with van der Waals surface area (Å²) in [5, 5.41) is 3.26. The molecule has 0 saturated carbocycles. The Morgan fingerprint density at radius 1 is 1.39 bits per heavy atom. The Morgan fingerprint density at radius 2 is 2.06 bits per heavy atom. The van der Waals surface area contributed by atoms with E-state index < -0.39 is 0 Å². The molecule has 0 atom stereocenters. The molecule has 1 aromatic carbocycles. The number of halogens is 2. The molecule has 18 heavy (non-hydrogen) atoms. The molecule has 1 N–H and O–H groups in total. The van der Waals surface area contributed by atoms with Gasteiger partial charge in [0, 0.05) is 24.9 Å². The van der Waals surface area contributed by atoms with E-state index in [0.29, 0.717) is 23.0 Å². The van der Waals surface area contributed by atoms with E-state index in [1.807, 2.05) is 0 Å². The first kappa shape index (κ1) is 15.3. The van der Waals surface area contributed by atoms with Crippen LogP contribution in [0, 0.1) is 5.82 Å². The number of benzene rings is 1. The smallest absolute Gasteiger partial charge is 0.138 e. The first-order valence-electron chi connectivity index (χ1n) is 5.99. The second kappa shape index (κ2) is 6.43. The molecular weight excluding hydrogens is 297 g/mol. The molecule has 0 amide bonds. The quantitative estimate of drug-likeness (QED) is 0.901. The molecule has 2 nitrogen and oxygen atoms in total. The minimum absolute atomic E-state index is 0.0136. The molecular formula is C14H19BrFNO. The number of rotatable bonds is 5. The second-order valence-electron chi connectivity index (χ2n) is 5.36. The lowest BCUT2D eigenvalue weighted by molar-refractivity contribution is -0.118. The van der Waals surface area contributed by atoms with Crippen molar-refractivity contribution in [2.75, 3.05) is 6.54 Å². The summed E-state index contributed by atoms with van der Waals surface area (Å²) in [5.74, 6) is -0.217. The highest BCUT2D eigenvalue weighted by Crippen LogP contribution is 2.21. The molecule has 0 fully saturated rings. The molecule has 1 rings (SSSR count). The fourth-order valence-corrected chi connectivity index (χ4v) is 1.97. The molecule has 4 heteroatoms. The number of Topliss-reactive ketones (excluding diaryl/α,β-unsaturated/α-hetero) is 1. The van der Waals surface area contributed by atoms with Crippen LogP contribution in [-0.4, -0.2) is 17.9 Å². The van der Waals surface area contributed by atoms with Crippen LogP contribution in [0.2, 0.25) is 0 Å².